The second-order valence-corrected chi connectivity index (χ2v) is 7.15. The van der Waals surface area contributed by atoms with Crippen LogP contribution in [0.15, 0.2) is 0 Å². The van der Waals surface area contributed by atoms with Crippen LogP contribution in [0.25, 0.3) is 0 Å². The molecule has 0 bridgehead atoms. The first-order valence-corrected chi connectivity index (χ1v) is 6.59. The van der Waals surface area contributed by atoms with Crippen molar-refractivity contribution in [1.29, 1.82) is 0 Å². The SMILES string of the molecule is C#CC1CP(C)(=O)CCC1C. The van der Waals surface area contributed by atoms with Gasteiger partial charge in [-0.1, -0.05) is 6.92 Å². The third-order valence-electron chi connectivity index (χ3n) is 2.54. The lowest BCUT2D eigenvalue weighted by Crippen LogP contribution is -2.21. The van der Waals surface area contributed by atoms with E-state index in [9.17, 15) is 4.57 Å². The van der Waals surface area contributed by atoms with Gasteiger partial charge in [0.2, 0.25) is 0 Å². The first-order chi connectivity index (χ1) is 5.05. The van der Waals surface area contributed by atoms with Crippen LogP contribution in [-0.2, 0) is 4.57 Å². The molecule has 0 aromatic rings. The highest BCUT2D eigenvalue weighted by Gasteiger charge is 2.30. The van der Waals surface area contributed by atoms with E-state index in [0.29, 0.717) is 5.92 Å². The fourth-order valence-corrected chi connectivity index (χ4v) is 4.02. The second-order valence-electron chi connectivity index (χ2n) is 3.74. The van der Waals surface area contributed by atoms with Crippen molar-refractivity contribution in [1.82, 2.24) is 0 Å². The van der Waals surface area contributed by atoms with Crippen LogP contribution in [-0.4, -0.2) is 19.0 Å². The van der Waals surface area contributed by atoms with Gasteiger partial charge in [-0.2, -0.15) is 0 Å². The van der Waals surface area contributed by atoms with Crippen LogP contribution < -0.4 is 0 Å². The van der Waals surface area contributed by atoms with Crippen LogP contribution >= 0.6 is 7.14 Å². The van der Waals surface area contributed by atoms with Crippen LogP contribution in [0.1, 0.15) is 13.3 Å². The van der Waals surface area contributed by atoms with Crippen LogP contribution in [0, 0.1) is 24.2 Å². The molecule has 1 aliphatic heterocycles. The van der Waals surface area contributed by atoms with Gasteiger partial charge in [-0.3, -0.25) is 0 Å². The third kappa shape index (κ3) is 2.11. The Kier molecular flexibility index (Phi) is 2.45. The highest BCUT2D eigenvalue weighted by atomic mass is 31.2. The minimum Gasteiger partial charge on any atom is -0.324 e. The van der Waals surface area contributed by atoms with Crippen molar-refractivity contribution in [3.63, 3.8) is 0 Å². The molecule has 3 unspecified atom stereocenters. The molecule has 0 radical (unpaired) electrons. The Labute approximate surface area is 68.9 Å². The number of hydrogen-bond acceptors (Lipinski definition) is 1. The highest BCUT2D eigenvalue weighted by molar-refractivity contribution is 7.63. The van der Waals surface area contributed by atoms with E-state index < -0.39 is 7.14 Å². The molecule has 0 amide bonds. The minimum atomic E-state index is -1.84. The monoisotopic (exact) mass is 170 g/mol. The smallest absolute Gasteiger partial charge is 0.0860 e. The minimum absolute atomic E-state index is 0.264. The predicted molar refractivity (Wildman–Crippen MR) is 49.4 cm³/mol. The van der Waals surface area contributed by atoms with E-state index in [2.05, 4.69) is 12.8 Å². The molecule has 1 nitrogen and oxygen atoms in total. The van der Waals surface area contributed by atoms with Gasteiger partial charge in [-0.15, -0.1) is 12.3 Å². The summed E-state index contributed by atoms with van der Waals surface area (Å²) < 4.78 is 11.7. The Hall–Kier alpha value is -0.210. The fourth-order valence-electron chi connectivity index (χ4n) is 1.58. The highest BCUT2D eigenvalue weighted by Crippen LogP contribution is 2.49. The molecular weight excluding hydrogens is 155 g/mol. The molecule has 3 atom stereocenters. The number of terminal acetylenes is 1. The summed E-state index contributed by atoms with van der Waals surface area (Å²) in [5.41, 5.74) is 0. The summed E-state index contributed by atoms with van der Waals surface area (Å²) in [6, 6.07) is 0. The van der Waals surface area contributed by atoms with Crippen molar-refractivity contribution >= 4 is 7.14 Å². The first-order valence-electron chi connectivity index (χ1n) is 4.07. The molecule has 0 aliphatic carbocycles. The molecule has 1 rings (SSSR count). The fraction of sp³-hybridized carbons (Fsp3) is 0.778. The summed E-state index contributed by atoms with van der Waals surface area (Å²) in [7, 11) is -1.84. The second kappa shape index (κ2) is 3.03. The van der Waals surface area contributed by atoms with E-state index >= 15 is 0 Å². The largest absolute Gasteiger partial charge is 0.324 e. The van der Waals surface area contributed by atoms with Gasteiger partial charge < -0.3 is 4.57 Å². The van der Waals surface area contributed by atoms with Crippen molar-refractivity contribution in [3.8, 4) is 12.3 Å². The summed E-state index contributed by atoms with van der Waals surface area (Å²) in [5, 5.41) is 0. The van der Waals surface area contributed by atoms with Gasteiger partial charge in [0.1, 0.15) is 0 Å². The van der Waals surface area contributed by atoms with E-state index in [1.807, 2.05) is 6.66 Å². The molecule has 0 spiro atoms. The molecule has 0 saturated carbocycles. The molecule has 1 fully saturated rings. The summed E-state index contributed by atoms with van der Waals surface area (Å²) in [6.45, 7) is 4.03. The van der Waals surface area contributed by atoms with Crippen molar-refractivity contribution in [3.05, 3.63) is 0 Å². The maximum absolute atomic E-state index is 11.7. The van der Waals surface area contributed by atoms with Crippen LogP contribution in [0.2, 0.25) is 0 Å². The van der Waals surface area contributed by atoms with Crippen LogP contribution in [0.4, 0.5) is 0 Å². The predicted octanol–water partition coefficient (Wildman–Crippen LogP) is 2.27. The van der Waals surface area contributed by atoms with Gasteiger partial charge in [0.15, 0.2) is 0 Å². The standard InChI is InChI=1S/C9H15OP/c1-4-9-7-11(3,10)6-5-8(9)2/h1,8-9H,5-7H2,2-3H3. The summed E-state index contributed by atoms with van der Waals surface area (Å²) >= 11 is 0. The van der Waals surface area contributed by atoms with Crippen molar-refractivity contribution in [2.45, 2.75) is 13.3 Å². The molecule has 1 saturated heterocycles. The van der Waals surface area contributed by atoms with E-state index in [4.69, 9.17) is 6.42 Å². The Balaban J connectivity index is 2.68. The molecule has 0 aromatic carbocycles. The van der Waals surface area contributed by atoms with Gasteiger partial charge in [0, 0.05) is 18.2 Å². The zero-order valence-corrected chi connectivity index (χ0v) is 8.10. The van der Waals surface area contributed by atoms with E-state index in [1.54, 1.807) is 0 Å². The molecule has 11 heavy (non-hydrogen) atoms. The van der Waals surface area contributed by atoms with Crippen molar-refractivity contribution in [2.75, 3.05) is 19.0 Å². The van der Waals surface area contributed by atoms with Gasteiger partial charge in [-0.25, -0.2) is 0 Å². The number of rotatable bonds is 0. The summed E-state index contributed by atoms with van der Waals surface area (Å²) in [5.74, 6) is 3.57. The van der Waals surface area contributed by atoms with Gasteiger partial charge >= 0.3 is 0 Å². The lowest BCUT2D eigenvalue weighted by atomic mass is 9.94. The Morgan fingerprint density at radius 1 is 1.64 bits per heavy atom. The summed E-state index contributed by atoms with van der Waals surface area (Å²) in [6.07, 6.45) is 8.05. The van der Waals surface area contributed by atoms with Gasteiger partial charge in [0.25, 0.3) is 0 Å². The maximum Gasteiger partial charge on any atom is 0.0860 e. The topological polar surface area (TPSA) is 17.1 Å². The molecule has 1 aliphatic rings. The zero-order chi connectivity index (χ0) is 8.48. The Bertz CT molecular complexity index is 226. The first kappa shape index (κ1) is 8.88. The average molecular weight is 170 g/mol. The number of hydrogen-bond donors (Lipinski definition) is 0. The van der Waals surface area contributed by atoms with E-state index in [-0.39, 0.29) is 5.92 Å². The lowest BCUT2D eigenvalue weighted by Gasteiger charge is -2.29. The van der Waals surface area contributed by atoms with Crippen molar-refractivity contribution < 1.29 is 4.57 Å². The quantitative estimate of drug-likeness (QED) is 0.402. The molecule has 1 heterocycles. The molecule has 2 heteroatoms. The normalized spacial score (nSPS) is 44.8. The van der Waals surface area contributed by atoms with Gasteiger partial charge in [0.05, 0.1) is 7.14 Å². The third-order valence-corrected chi connectivity index (χ3v) is 4.91. The zero-order valence-electron chi connectivity index (χ0n) is 7.21. The van der Waals surface area contributed by atoms with E-state index in [1.165, 1.54) is 0 Å². The van der Waals surface area contributed by atoms with Crippen LogP contribution in [0.3, 0.4) is 0 Å². The molecule has 62 valence electrons. The van der Waals surface area contributed by atoms with Gasteiger partial charge in [-0.05, 0) is 19.0 Å². The molecule has 0 N–H and O–H groups in total. The molecule has 0 aromatic heterocycles. The average Bonchev–Trinajstić information content (AvgIpc) is 1.94. The lowest BCUT2D eigenvalue weighted by molar-refractivity contribution is 0.433. The van der Waals surface area contributed by atoms with E-state index in [0.717, 1.165) is 18.7 Å². The maximum atomic E-state index is 11.7. The van der Waals surface area contributed by atoms with Crippen LogP contribution in [0.5, 0.6) is 0 Å². The Morgan fingerprint density at radius 2 is 2.27 bits per heavy atom. The summed E-state index contributed by atoms with van der Waals surface area (Å²) in [4.78, 5) is 0. The molecular formula is C9H15OP. The Morgan fingerprint density at radius 3 is 2.73 bits per heavy atom. The van der Waals surface area contributed by atoms with Crippen molar-refractivity contribution in [2.24, 2.45) is 11.8 Å².